The van der Waals surface area contributed by atoms with Gasteiger partial charge in [0, 0.05) is 23.1 Å². The predicted molar refractivity (Wildman–Crippen MR) is 111 cm³/mol. The third-order valence-electron chi connectivity index (χ3n) is 5.19. The number of aryl methyl sites for hydroxylation is 1. The maximum absolute atomic E-state index is 13.8. The summed E-state index contributed by atoms with van der Waals surface area (Å²) in [6.45, 7) is 3.07. The van der Waals surface area contributed by atoms with Crippen LogP contribution < -0.4 is 4.74 Å². The van der Waals surface area contributed by atoms with Crippen LogP contribution in [-0.2, 0) is 26.9 Å². The maximum Gasteiger partial charge on any atom is 0.452 e. The van der Waals surface area contributed by atoms with Crippen molar-refractivity contribution in [1.82, 2.24) is 14.8 Å². The Balaban J connectivity index is 2.04. The molecule has 1 aliphatic rings. The molecule has 7 nitrogen and oxygen atoms in total. The van der Waals surface area contributed by atoms with E-state index in [9.17, 15) is 18.0 Å². The van der Waals surface area contributed by atoms with Crippen LogP contribution in [0.3, 0.4) is 0 Å². The molecule has 0 N–H and O–H groups in total. The van der Waals surface area contributed by atoms with E-state index in [0.29, 0.717) is 23.3 Å². The average molecular weight is 482 g/mol. The summed E-state index contributed by atoms with van der Waals surface area (Å²) in [6, 6.07) is 9.76. The Morgan fingerprint density at radius 3 is 2.61 bits per heavy atom. The SMILES string of the molecule is CCc1cccc([C@H]2O[C@H](OC(C)=O)c3nnc(C(F)(F)F)n3-c3ccc(Cl)cc32)c1OC. The van der Waals surface area contributed by atoms with Gasteiger partial charge >= 0.3 is 12.1 Å². The molecule has 0 bridgehead atoms. The molecule has 0 spiro atoms. The van der Waals surface area contributed by atoms with E-state index in [2.05, 4.69) is 10.2 Å². The fraction of sp³-hybridized carbons (Fsp3) is 0.318. The van der Waals surface area contributed by atoms with Crippen LogP contribution in [0.4, 0.5) is 13.2 Å². The number of hydrogen-bond donors (Lipinski definition) is 0. The highest BCUT2D eigenvalue weighted by molar-refractivity contribution is 6.30. The Morgan fingerprint density at radius 1 is 1.21 bits per heavy atom. The molecule has 2 atom stereocenters. The second-order valence-corrected chi connectivity index (χ2v) is 7.71. The first-order chi connectivity index (χ1) is 15.7. The number of benzene rings is 2. The van der Waals surface area contributed by atoms with Crippen molar-refractivity contribution in [2.75, 3.05) is 7.11 Å². The number of nitrogens with zero attached hydrogens (tertiary/aromatic N) is 3. The van der Waals surface area contributed by atoms with Crippen molar-refractivity contribution in [3.05, 3.63) is 69.8 Å². The topological polar surface area (TPSA) is 75.5 Å². The van der Waals surface area contributed by atoms with Gasteiger partial charge in [-0.3, -0.25) is 9.36 Å². The molecule has 0 aliphatic carbocycles. The number of rotatable bonds is 4. The van der Waals surface area contributed by atoms with Crippen molar-refractivity contribution in [1.29, 1.82) is 0 Å². The zero-order valence-electron chi connectivity index (χ0n) is 17.8. The number of carbonyl (C=O) groups is 1. The summed E-state index contributed by atoms with van der Waals surface area (Å²) in [5.41, 5.74) is 1.79. The number of aromatic nitrogens is 3. The standard InChI is InChI=1S/C22H19ClF3N3O4/c1-4-12-6-5-7-14(17(12)31-3)18-15-10-13(23)8-9-16(15)29-19(20(33-18)32-11(2)30)27-28-21(29)22(24,25)26/h5-10,18,20H,4H2,1-3H3/t18-,20+/m1/s1. The highest BCUT2D eigenvalue weighted by Crippen LogP contribution is 2.45. The van der Waals surface area contributed by atoms with Crippen LogP contribution in [0, 0.1) is 0 Å². The van der Waals surface area contributed by atoms with E-state index in [4.69, 9.17) is 25.8 Å². The number of methoxy groups -OCH3 is 1. The van der Waals surface area contributed by atoms with Gasteiger partial charge in [0.2, 0.25) is 11.6 Å². The minimum absolute atomic E-state index is 0.0929. The van der Waals surface area contributed by atoms with Crippen LogP contribution in [-0.4, -0.2) is 27.8 Å². The van der Waals surface area contributed by atoms with Gasteiger partial charge in [-0.05, 0) is 30.2 Å². The molecule has 1 aliphatic heterocycles. The van der Waals surface area contributed by atoms with E-state index < -0.39 is 30.4 Å². The average Bonchev–Trinajstić information content (AvgIpc) is 3.16. The maximum atomic E-state index is 13.8. The van der Waals surface area contributed by atoms with Gasteiger partial charge in [-0.25, -0.2) is 0 Å². The summed E-state index contributed by atoms with van der Waals surface area (Å²) in [7, 11) is 1.49. The van der Waals surface area contributed by atoms with Crippen LogP contribution in [0.1, 0.15) is 54.6 Å². The van der Waals surface area contributed by atoms with Crippen molar-refractivity contribution < 1.29 is 32.2 Å². The van der Waals surface area contributed by atoms with E-state index in [0.717, 1.165) is 17.1 Å². The lowest BCUT2D eigenvalue weighted by atomic mass is 9.96. The van der Waals surface area contributed by atoms with Gasteiger partial charge in [0.05, 0.1) is 12.8 Å². The molecule has 174 valence electrons. The monoisotopic (exact) mass is 481 g/mol. The van der Waals surface area contributed by atoms with Crippen molar-refractivity contribution in [2.24, 2.45) is 0 Å². The summed E-state index contributed by atoms with van der Waals surface area (Å²) < 4.78 is 59.2. The van der Waals surface area contributed by atoms with Crippen LogP contribution >= 0.6 is 11.6 Å². The van der Waals surface area contributed by atoms with Crippen molar-refractivity contribution >= 4 is 17.6 Å². The lowest BCUT2D eigenvalue weighted by Gasteiger charge is -2.24. The van der Waals surface area contributed by atoms with Crippen molar-refractivity contribution in [2.45, 2.75) is 38.8 Å². The third kappa shape index (κ3) is 4.16. The number of hydrogen-bond acceptors (Lipinski definition) is 6. The van der Waals surface area contributed by atoms with E-state index in [1.54, 1.807) is 12.1 Å². The van der Waals surface area contributed by atoms with Gasteiger partial charge in [-0.1, -0.05) is 36.7 Å². The minimum atomic E-state index is -4.83. The molecule has 3 aromatic rings. The van der Waals surface area contributed by atoms with Gasteiger partial charge in [0.1, 0.15) is 11.9 Å². The number of para-hydroxylation sites is 1. The van der Waals surface area contributed by atoms with Crippen LogP contribution in [0.5, 0.6) is 5.75 Å². The molecule has 0 unspecified atom stereocenters. The molecule has 1 aromatic heterocycles. The lowest BCUT2D eigenvalue weighted by Crippen LogP contribution is -2.18. The fourth-order valence-electron chi connectivity index (χ4n) is 3.88. The van der Waals surface area contributed by atoms with E-state index in [1.807, 2.05) is 13.0 Å². The smallest absolute Gasteiger partial charge is 0.452 e. The fourth-order valence-corrected chi connectivity index (χ4v) is 4.06. The van der Waals surface area contributed by atoms with Crippen LogP contribution in [0.15, 0.2) is 36.4 Å². The Hall–Kier alpha value is -3.11. The second-order valence-electron chi connectivity index (χ2n) is 7.27. The predicted octanol–water partition coefficient (Wildman–Crippen LogP) is 5.19. The Labute approximate surface area is 192 Å². The van der Waals surface area contributed by atoms with Crippen LogP contribution in [0.2, 0.25) is 5.02 Å². The van der Waals surface area contributed by atoms with Crippen molar-refractivity contribution in [3.63, 3.8) is 0 Å². The quantitative estimate of drug-likeness (QED) is 0.477. The second kappa shape index (κ2) is 8.68. The first kappa shape index (κ1) is 23.1. The highest BCUT2D eigenvalue weighted by Gasteiger charge is 2.44. The zero-order valence-corrected chi connectivity index (χ0v) is 18.6. The van der Waals surface area contributed by atoms with E-state index >= 15 is 0 Å². The molecule has 2 heterocycles. The molecular weight excluding hydrogens is 463 g/mol. The molecule has 33 heavy (non-hydrogen) atoms. The Kier molecular flexibility index (Phi) is 6.06. The largest absolute Gasteiger partial charge is 0.496 e. The highest BCUT2D eigenvalue weighted by atomic mass is 35.5. The molecular formula is C22H19ClF3N3O4. The minimum Gasteiger partial charge on any atom is -0.496 e. The van der Waals surface area contributed by atoms with Gasteiger partial charge < -0.3 is 14.2 Å². The summed E-state index contributed by atoms with van der Waals surface area (Å²) in [6.07, 6.45) is -6.75. The summed E-state index contributed by atoms with van der Waals surface area (Å²) in [5.74, 6) is -1.86. The Bertz CT molecular complexity index is 1210. The lowest BCUT2D eigenvalue weighted by molar-refractivity contribution is -0.189. The molecule has 2 aromatic carbocycles. The molecule has 0 fully saturated rings. The van der Waals surface area contributed by atoms with E-state index in [1.165, 1.54) is 25.3 Å². The van der Waals surface area contributed by atoms with E-state index in [-0.39, 0.29) is 16.5 Å². The van der Waals surface area contributed by atoms with Gasteiger partial charge in [-0.15, -0.1) is 10.2 Å². The summed E-state index contributed by atoms with van der Waals surface area (Å²) in [5, 5.41) is 7.26. The molecule has 4 rings (SSSR count). The zero-order chi connectivity index (χ0) is 23.9. The number of esters is 1. The first-order valence-corrected chi connectivity index (χ1v) is 10.3. The summed E-state index contributed by atoms with van der Waals surface area (Å²) >= 11 is 6.23. The number of fused-ring (bicyclic) bond motifs is 3. The van der Waals surface area contributed by atoms with Crippen molar-refractivity contribution in [3.8, 4) is 11.4 Å². The molecule has 0 radical (unpaired) electrons. The first-order valence-electron chi connectivity index (χ1n) is 9.96. The number of alkyl halides is 3. The van der Waals surface area contributed by atoms with Gasteiger partial charge in [0.15, 0.2) is 0 Å². The molecule has 11 heteroatoms. The number of ether oxygens (including phenoxy) is 3. The molecule has 0 amide bonds. The number of halogens is 4. The normalized spacial score (nSPS) is 17.7. The van der Waals surface area contributed by atoms with Gasteiger partial charge in [-0.2, -0.15) is 13.2 Å². The van der Waals surface area contributed by atoms with Gasteiger partial charge in [0.25, 0.3) is 6.29 Å². The number of carbonyl (C=O) groups excluding carboxylic acids is 1. The summed E-state index contributed by atoms with van der Waals surface area (Å²) in [4.78, 5) is 11.8. The third-order valence-corrected chi connectivity index (χ3v) is 5.43. The molecule has 0 saturated heterocycles. The molecule has 0 saturated carbocycles. The Morgan fingerprint density at radius 2 is 1.97 bits per heavy atom. The van der Waals surface area contributed by atoms with Crippen LogP contribution in [0.25, 0.3) is 5.69 Å².